The van der Waals surface area contributed by atoms with Gasteiger partial charge < -0.3 is 14.8 Å². The fraction of sp³-hybridized carbons (Fsp3) is 0.167. The van der Waals surface area contributed by atoms with Crippen molar-refractivity contribution in [2.75, 3.05) is 12.4 Å². The van der Waals surface area contributed by atoms with Crippen molar-refractivity contribution in [2.45, 2.75) is 26.1 Å². The number of ether oxygens (including phenoxy) is 2. The van der Waals surface area contributed by atoms with Gasteiger partial charge in [-0.05, 0) is 25.5 Å². The molecule has 0 spiro atoms. The number of hydrogen-bond donors (Lipinski definition) is 1. The molecule has 0 unspecified atom stereocenters. The maximum absolute atomic E-state index is 15.5. The summed E-state index contributed by atoms with van der Waals surface area (Å²) < 4.78 is 66.2. The van der Waals surface area contributed by atoms with Crippen LogP contribution in [0.25, 0.3) is 0 Å². The Hall–Kier alpha value is -4.44. The molecule has 1 atom stereocenters. The molecular formula is C30H24ClF4N3O3. The van der Waals surface area contributed by atoms with Crippen molar-refractivity contribution in [3.8, 4) is 11.6 Å². The Morgan fingerprint density at radius 1 is 1.02 bits per heavy atom. The average Bonchev–Trinajstić information content (AvgIpc) is 2.95. The molecule has 0 aliphatic heterocycles. The van der Waals surface area contributed by atoms with E-state index in [9.17, 15) is 18.0 Å². The highest BCUT2D eigenvalue weighted by Crippen LogP contribution is 2.36. The molecule has 0 bridgehead atoms. The fourth-order valence-corrected chi connectivity index (χ4v) is 4.12. The number of aliphatic imine (C=N–C) groups is 1. The van der Waals surface area contributed by atoms with Crippen LogP contribution < -0.4 is 14.8 Å². The van der Waals surface area contributed by atoms with E-state index in [0.29, 0.717) is 22.4 Å². The smallest absolute Gasteiger partial charge is 0.425 e. The Bertz CT molecular complexity index is 1540. The van der Waals surface area contributed by atoms with E-state index >= 15 is 4.39 Å². The van der Waals surface area contributed by atoms with E-state index in [1.54, 1.807) is 67.6 Å². The second kappa shape index (κ2) is 12.4. The van der Waals surface area contributed by atoms with Crippen LogP contribution >= 0.6 is 11.6 Å². The van der Waals surface area contributed by atoms with E-state index < -0.39 is 35.3 Å². The molecule has 0 fully saturated rings. The number of anilines is 1. The van der Waals surface area contributed by atoms with Crippen molar-refractivity contribution in [1.82, 2.24) is 4.98 Å². The summed E-state index contributed by atoms with van der Waals surface area (Å²) in [4.78, 5) is 21.8. The summed E-state index contributed by atoms with van der Waals surface area (Å²) in [5.74, 6) is -2.43. The summed E-state index contributed by atoms with van der Waals surface area (Å²) in [6.07, 6.45) is -5.69. The number of aryl methyl sites for hydroxylation is 1. The van der Waals surface area contributed by atoms with Gasteiger partial charge in [0, 0.05) is 23.4 Å². The average molecular weight is 586 g/mol. The van der Waals surface area contributed by atoms with Gasteiger partial charge in [-0.3, -0.25) is 4.79 Å². The third kappa shape index (κ3) is 6.83. The van der Waals surface area contributed by atoms with Crippen LogP contribution in [0.5, 0.6) is 11.6 Å². The Morgan fingerprint density at radius 3 is 2.15 bits per heavy atom. The van der Waals surface area contributed by atoms with Gasteiger partial charge in [-0.1, -0.05) is 72.3 Å². The minimum Gasteiger partial charge on any atom is -0.480 e. The summed E-state index contributed by atoms with van der Waals surface area (Å²) in [6.45, 7) is 2.38. The normalized spacial score (nSPS) is 11.9. The second-order valence-corrected chi connectivity index (χ2v) is 9.27. The number of carbonyl (C=O) groups excluding carboxylic acids is 1. The lowest BCUT2D eigenvalue weighted by atomic mass is 10.0. The van der Waals surface area contributed by atoms with Gasteiger partial charge >= 0.3 is 6.18 Å². The van der Waals surface area contributed by atoms with Gasteiger partial charge in [0.1, 0.15) is 22.3 Å². The zero-order valence-electron chi connectivity index (χ0n) is 22.1. The first kappa shape index (κ1) is 29.5. The number of aromatic nitrogens is 1. The molecule has 0 saturated carbocycles. The predicted octanol–water partition coefficient (Wildman–Crippen LogP) is 7.94. The molecule has 1 heterocycles. The van der Waals surface area contributed by atoms with Crippen LogP contribution in [0.3, 0.4) is 0 Å². The minimum absolute atomic E-state index is 0.0138. The van der Waals surface area contributed by atoms with Gasteiger partial charge in [0.05, 0.1) is 24.1 Å². The molecule has 1 aromatic heterocycles. The summed E-state index contributed by atoms with van der Waals surface area (Å²) in [7, 11) is 1.33. The van der Waals surface area contributed by atoms with Crippen LogP contribution in [-0.2, 0) is 0 Å². The first-order chi connectivity index (χ1) is 19.5. The zero-order valence-corrected chi connectivity index (χ0v) is 22.8. The van der Waals surface area contributed by atoms with Crippen molar-refractivity contribution in [3.05, 3.63) is 112 Å². The number of benzene rings is 3. The third-order valence-electron chi connectivity index (χ3n) is 5.99. The van der Waals surface area contributed by atoms with Crippen molar-refractivity contribution in [3.63, 3.8) is 0 Å². The third-order valence-corrected chi connectivity index (χ3v) is 6.34. The molecule has 1 amide bonds. The van der Waals surface area contributed by atoms with E-state index in [1.165, 1.54) is 13.3 Å². The van der Waals surface area contributed by atoms with Crippen LogP contribution in [0.4, 0.5) is 28.9 Å². The number of alkyl halides is 3. The van der Waals surface area contributed by atoms with Crippen LogP contribution in [-0.4, -0.2) is 36.0 Å². The first-order valence-electron chi connectivity index (χ1n) is 12.3. The molecule has 0 aliphatic rings. The number of rotatable bonds is 8. The molecule has 41 heavy (non-hydrogen) atoms. The van der Waals surface area contributed by atoms with Crippen LogP contribution in [0, 0.1) is 12.7 Å². The van der Waals surface area contributed by atoms with E-state index in [4.69, 9.17) is 21.1 Å². The van der Waals surface area contributed by atoms with Crippen molar-refractivity contribution in [2.24, 2.45) is 4.99 Å². The highest BCUT2D eigenvalue weighted by molar-refractivity contribution is 6.35. The van der Waals surface area contributed by atoms with Gasteiger partial charge in [-0.15, -0.1) is 0 Å². The van der Waals surface area contributed by atoms with Crippen LogP contribution in [0.2, 0.25) is 5.02 Å². The Kier molecular flexibility index (Phi) is 8.92. The molecule has 4 aromatic rings. The van der Waals surface area contributed by atoms with Crippen LogP contribution in [0.15, 0.2) is 84.0 Å². The van der Waals surface area contributed by atoms with E-state index in [0.717, 1.165) is 19.1 Å². The molecule has 212 valence electrons. The number of pyridine rings is 1. The summed E-state index contributed by atoms with van der Waals surface area (Å²) in [6, 6.07) is 19.5. The number of halogens is 5. The SMILES string of the molecule is COc1ncc(C)c(NC(=O)c2cc(F)c(N=C(c3ccccc3)c3ccccc3)cc2O[C@@H](C)C(F)(F)F)c1Cl. The number of amides is 1. The number of nitrogens with one attached hydrogen (secondary N) is 1. The first-order valence-corrected chi connectivity index (χ1v) is 12.6. The van der Waals surface area contributed by atoms with Gasteiger partial charge in [-0.25, -0.2) is 14.4 Å². The van der Waals surface area contributed by atoms with Gasteiger partial charge in [0.15, 0.2) is 6.10 Å². The fourth-order valence-electron chi connectivity index (χ4n) is 3.80. The summed E-state index contributed by atoms with van der Waals surface area (Å²) in [5.41, 5.74) is 1.36. The Labute approximate surface area is 238 Å². The molecule has 4 rings (SSSR count). The molecule has 11 heteroatoms. The zero-order chi connectivity index (χ0) is 29.7. The molecule has 0 radical (unpaired) electrons. The molecule has 6 nitrogen and oxygen atoms in total. The van der Waals surface area contributed by atoms with Gasteiger partial charge in [-0.2, -0.15) is 13.2 Å². The molecule has 3 aromatic carbocycles. The quantitative estimate of drug-likeness (QED) is 0.168. The Morgan fingerprint density at radius 2 is 1.61 bits per heavy atom. The largest absolute Gasteiger partial charge is 0.480 e. The topological polar surface area (TPSA) is 72.8 Å². The number of nitrogens with zero attached hydrogens (tertiary/aromatic N) is 2. The maximum Gasteiger partial charge on any atom is 0.425 e. The molecular weight excluding hydrogens is 562 g/mol. The highest BCUT2D eigenvalue weighted by Gasteiger charge is 2.39. The summed E-state index contributed by atoms with van der Waals surface area (Å²) in [5, 5.41) is 2.47. The lowest BCUT2D eigenvalue weighted by molar-refractivity contribution is -0.189. The Balaban J connectivity index is 1.85. The highest BCUT2D eigenvalue weighted by atomic mass is 35.5. The van der Waals surface area contributed by atoms with Gasteiger partial charge in [0.2, 0.25) is 5.88 Å². The standard InChI is InChI=1S/C30H24ClF4N3O3/c1-17-16-36-29(40-3)25(31)26(17)38-28(39)21-14-22(32)23(15-24(21)41-18(2)30(33,34)35)37-27(19-10-6-4-7-11-19)20-12-8-5-9-13-20/h4-16,18H,1-3H3,(H,36,38,39)/t18-/m0/s1. The monoisotopic (exact) mass is 585 g/mol. The maximum atomic E-state index is 15.5. The molecule has 1 N–H and O–H groups in total. The number of carbonyl (C=O) groups is 1. The summed E-state index contributed by atoms with van der Waals surface area (Å²) >= 11 is 6.29. The second-order valence-electron chi connectivity index (χ2n) is 8.89. The van der Waals surface area contributed by atoms with Crippen LogP contribution in [0.1, 0.15) is 34.0 Å². The minimum atomic E-state index is -4.76. The van der Waals surface area contributed by atoms with E-state index in [2.05, 4.69) is 15.3 Å². The van der Waals surface area contributed by atoms with Crippen molar-refractivity contribution >= 4 is 34.6 Å². The number of hydrogen-bond acceptors (Lipinski definition) is 5. The molecule has 0 saturated heterocycles. The molecule has 0 aliphatic carbocycles. The van der Waals surface area contributed by atoms with E-state index in [1.807, 2.05) is 0 Å². The lowest BCUT2D eigenvalue weighted by Gasteiger charge is -2.21. The van der Waals surface area contributed by atoms with Crippen molar-refractivity contribution in [1.29, 1.82) is 0 Å². The van der Waals surface area contributed by atoms with E-state index in [-0.39, 0.29) is 22.3 Å². The van der Waals surface area contributed by atoms with Crippen molar-refractivity contribution < 1.29 is 31.8 Å². The number of methoxy groups -OCH3 is 1. The predicted molar refractivity (Wildman–Crippen MR) is 149 cm³/mol. The van der Waals surface area contributed by atoms with Gasteiger partial charge in [0.25, 0.3) is 5.91 Å². The lowest BCUT2D eigenvalue weighted by Crippen LogP contribution is -2.32.